The highest BCUT2D eigenvalue weighted by Gasteiger charge is 2.59. The van der Waals surface area contributed by atoms with Crippen molar-refractivity contribution in [1.82, 2.24) is 8.61 Å². The number of fused-ring (bicyclic) bond motifs is 3. The minimum absolute atomic E-state index is 0.0286. The molecule has 0 radical (unpaired) electrons. The van der Waals surface area contributed by atoms with Crippen LogP contribution in [0.25, 0.3) is 0 Å². The Morgan fingerprint density at radius 2 is 1.92 bits per heavy atom. The number of rotatable bonds is 3. The highest BCUT2D eigenvalue weighted by molar-refractivity contribution is 7.86. The first kappa shape index (κ1) is 16.8. The third-order valence-corrected chi connectivity index (χ3v) is 7.29. The maximum absolute atomic E-state index is 13.0. The second kappa shape index (κ2) is 5.94. The lowest BCUT2D eigenvalue weighted by Crippen LogP contribution is -2.50. The van der Waals surface area contributed by atoms with Gasteiger partial charge in [-0.1, -0.05) is 18.2 Å². The summed E-state index contributed by atoms with van der Waals surface area (Å²) in [7, 11) is -3.73. The number of hydrogen-bond acceptors (Lipinski definition) is 5. The number of carbonyl (C=O) groups is 1. The van der Waals surface area contributed by atoms with Crippen molar-refractivity contribution in [2.45, 2.75) is 5.92 Å². The van der Waals surface area contributed by atoms with Gasteiger partial charge in [0.05, 0.1) is 13.2 Å². The fraction of sp³-hybridized carbons (Fsp3) is 0.562. The summed E-state index contributed by atoms with van der Waals surface area (Å²) in [5.41, 5.74) is -0.496. The van der Waals surface area contributed by atoms with Crippen LogP contribution in [0.2, 0.25) is 0 Å². The van der Waals surface area contributed by atoms with Crippen molar-refractivity contribution in [2.75, 3.05) is 46.0 Å². The third kappa shape index (κ3) is 2.53. The van der Waals surface area contributed by atoms with Crippen LogP contribution in [-0.2, 0) is 19.7 Å². The summed E-state index contributed by atoms with van der Waals surface area (Å²) in [4.78, 5) is 12.1. The van der Waals surface area contributed by atoms with Gasteiger partial charge in [0.2, 0.25) is 0 Å². The van der Waals surface area contributed by atoms with Crippen molar-refractivity contribution in [3.05, 3.63) is 29.8 Å². The number of carboxylic acid groups (broad SMARTS) is 1. The van der Waals surface area contributed by atoms with Gasteiger partial charge in [-0.2, -0.15) is 17.0 Å². The van der Waals surface area contributed by atoms with Gasteiger partial charge in [-0.05, 0) is 11.6 Å². The fourth-order valence-corrected chi connectivity index (χ4v) is 5.58. The molecule has 2 saturated heterocycles. The molecule has 3 heterocycles. The molecule has 1 N–H and O–H groups in total. The van der Waals surface area contributed by atoms with Gasteiger partial charge in [0.15, 0.2) is 0 Å². The molecular formula is C16H20N2O6S. The van der Waals surface area contributed by atoms with E-state index in [4.69, 9.17) is 9.47 Å². The van der Waals surface area contributed by atoms with E-state index in [9.17, 15) is 18.3 Å². The summed E-state index contributed by atoms with van der Waals surface area (Å²) in [5, 5.41) is 9.88. The molecule has 136 valence electrons. The lowest BCUT2D eigenvalue weighted by Gasteiger charge is -2.35. The molecule has 0 spiro atoms. The fourth-order valence-electron chi connectivity index (χ4n) is 3.91. The third-order valence-electron chi connectivity index (χ3n) is 5.34. The van der Waals surface area contributed by atoms with Crippen LogP contribution < -0.4 is 4.74 Å². The summed E-state index contributed by atoms with van der Waals surface area (Å²) in [5.74, 6) is -0.813. The lowest BCUT2D eigenvalue weighted by molar-refractivity contribution is -0.151. The molecule has 0 aliphatic carbocycles. The van der Waals surface area contributed by atoms with Crippen LogP contribution in [0, 0.1) is 5.41 Å². The zero-order valence-electron chi connectivity index (χ0n) is 13.6. The Labute approximate surface area is 146 Å². The minimum atomic E-state index is -3.73. The summed E-state index contributed by atoms with van der Waals surface area (Å²) >= 11 is 0. The predicted octanol–water partition coefficient (Wildman–Crippen LogP) is 0.126. The Bertz CT molecular complexity index is 792. The molecule has 0 bridgehead atoms. The summed E-state index contributed by atoms with van der Waals surface area (Å²) in [6, 6.07) is 7.25. The Morgan fingerprint density at radius 1 is 1.20 bits per heavy atom. The number of aliphatic carboxylic acids is 1. The van der Waals surface area contributed by atoms with Crippen LogP contribution in [-0.4, -0.2) is 74.1 Å². The van der Waals surface area contributed by atoms with E-state index in [-0.39, 0.29) is 32.8 Å². The first-order valence-corrected chi connectivity index (χ1v) is 9.63. The van der Waals surface area contributed by atoms with Crippen LogP contribution in [0.15, 0.2) is 24.3 Å². The smallest absolute Gasteiger partial charge is 0.315 e. The van der Waals surface area contributed by atoms with Gasteiger partial charge in [-0.25, -0.2) is 0 Å². The number of morpholine rings is 1. The van der Waals surface area contributed by atoms with E-state index in [1.165, 1.54) is 8.61 Å². The van der Waals surface area contributed by atoms with Crippen molar-refractivity contribution in [3.63, 3.8) is 0 Å². The molecule has 3 aliphatic rings. The van der Waals surface area contributed by atoms with Gasteiger partial charge in [-0.3, -0.25) is 4.79 Å². The van der Waals surface area contributed by atoms with Gasteiger partial charge in [0, 0.05) is 32.1 Å². The van der Waals surface area contributed by atoms with E-state index in [2.05, 4.69) is 0 Å². The molecule has 2 fully saturated rings. The van der Waals surface area contributed by atoms with Gasteiger partial charge in [0.25, 0.3) is 10.2 Å². The predicted molar refractivity (Wildman–Crippen MR) is 87.6 cm³/mol. The first-order valence-electron chi connectivity index (χ1n) is 8.23. The molecule has 0 amide bonds. The maximum atomic E-state index is 13.0. The highest BCUT2D eigenvalue weighted by atomic mass is 32.2. The minimum Gasteiger partial charge on any atom is -0.492 e. The lowest BCUT2D eigenvalue weighted by atomic mass is 9.73. The van der Waals surface area contributed by atoms with Crippen LogP contribution in [0.4, 0.5) is 0 Å². The van der Waals surface area contributed by atoms with Crippen molar-refractivity contribution < 1.29 is 27.8 Å². The standard InChI is InChI=1S/C16H20N2O6S/c19-15(20)16-10-18(25(21,22)17-5-7-23-8-6-17)9-13(16)12-3-1-2-4-14(12)24-11-16/h1-4,13H,5-11H2,(H,19,20)/t13?,16-/m1/s1. The number of hydrogen-bond donors (Lipinski definition) is 1. The topological polar surface area (TPSA) is 96.4 Å². The van der Waals surface area contributed by atoms with Gasteiger partial charge < -0.3 is 14.6 Å². The monoisotopic (exact) mass is 368 g/mol. The van der Waals surface area contributed by atoms with Gasteiger partial charge in [0.1, 0.15) is 17.8 Å². The van der Waals surface area contributed by atoms with Crippen LogP contribution in [0.1, 0.15) is 11.5 Å². The molecule has 0 aromatic heterocycles. The molecule has 1 aromatic carbocycles. The molecular weight excluding hydrogens is 348 g/mol. The summed E-state index contributed by atoms with van der Waals surface area (Å²) in [6.45, 7) is 1.32. The van der Waals surface area contributed by atoms with E-state index in [0.29, 0.717) is 19.0 Å². The molecule has 2 atom stereocenters. The number of nitrogens with zero attached hydrogens (tertiary/aromatic N) is 2. The quantitative estimate of drug-likeness (QED) is 0.814. The van der Waals surface area contributed by atoms with Crippen molar-refractivity contribution >= 4 is 16.2 Å². The SMILES string of the molecule is O=C(O)[C@]12COc3ccccc3C1CN(S(=O)(=O)N1CCOCC1)C2. The second-order valence-corrected chi connectivity index (χ2v) is 8.58. The van der Waals surface area contributed by atoms with E-state index in [0.717, 1.165) is 5.56 Å². The average Bonchev–Trinajstić information content (AvgIpc) is 3.05. The normalized spacial score (nSPS) is 30.3. The second-order valence-electron chi connectivity index (χ2n) is 6.65. The van der Waals surface area contributed by atoms with Crippen molar-refractivity contribution in [3.8, 4) is 5.75 Å². The Morgan fingerprint density at radius 3 is 2.64 bits per heavy atom. The first-order chi connectivity index (χ1) is 11.9. The number of carboxylic acids is 1. The molecule has 0 saturated carbocycles. The zero-order chi connectivity index (χ0) is 17.7. The van der Waals surface area contributed by atoms with Gasteiger partial charge >= 0.3 is 5.97 Å². The Hall–Kier alpha value is -1.68. The van der Waals surface area contributed by atoms with E-state index in [1.807, 2.05) is 18.2 Å². The molecule has 4 rings (SSSR count). The summed E-state index contributed by atoms with van der Waals surface area (Å²) < 4.78 is 39.5. The molecule has 1 aromatic rings. The molecule has 25 heavy (non-hydrogen) atoms. The van der Waals surface area contributed by atoms with Gasteiger partial charge in [-0.15, -0.1) is 0 Å². The maximum Gasteiger partial charge on any atom is 0.315 e. The van der Waals surface area contributed by atoms with Crippen molar-refractivity contribution in [2.24, 2.45) is 5.41 Å². The van der Waals surface area contributed by atoms with E-state index < -0.39 is 27.5 Å². The zero-order valence-corrected chi connectivity index (χ0v) is 14.4. The number of ether oxygens (including phenoxy) is 2. The molecule has 9 heteroatoms. The highest BCUT2D eigenvalue weighted by Crippen LogP contribution is 2.50. The largest absolute Gasteiger partial charge is 0.492 e. The molecule has 1 unspecified atom stereocenters. The summed E-state index contributed by atoms with van der Waals surface area (Å²) in [6.07, 6.45) is 0. The average molecular weight is 368 g/mol. The van der Waals surface area contributed by atoms with Crippen LogP contribution in [0.5, 0.6) is 5.75 Å². The number of benzene rings is 1. The molecule has 3 aliphatic heterocycles. The number of para-hydroxylation sites is 1. The van der Waals surface area contributed by atoms with Crippen LogP contribution >= 0.6 is 0 Å². The Balaban J connectivity index is 1.70. The van der Waals surface area contributed by atoms with Crippen molar-refractivity contribution in [1.29, 1.82) is 0 Å². The van der Waals surface area contributed by atoms with Crippen LogP contribution in [0.3, 0.4) is 0 Å². The van der Waals surface area contributed by atoms with E-state index >= 15 is 0 Å². The Kier molecular flexibility index (Phi) is 3.99. The molecule has 8 nitrogen and oxygen atoms in total. The van der Waals surface area contributed by atoms with E-state index in [1.54, 1.807) is 6.07 Å².